The molecule has 2 atom stereocenters. The van der Waals surface area contributed by atoms with Crippen molar-refractivity contribution in [2.75, 3.05) is 32.3 Å². The van der Waals surface area contributed by atoms with Crippen LogP contribution in [0.1, 0.15) is 19.8 Å². The Balaban J connectivity index is 3.69. The summed E-state index contributed by atoms with van der Waals surface area (Å²) in [5, 5.41) is 3.55. The van der Waals surface area contributed by atoms with Crippen LogP contribution in [0.25, 0.3) is 0 Å². The van der Waals surface area contributed by atoms with Crippen LogP contribution in [0, 0.1) is 0 Å². The Labute approximate surface area is 92.2 Å². The molecule has 0 aromatic heterocycles. The molecule has 0 saturated carbocycles. The number of methoxy groups -OCH3 is 1. The van der Waals surface area contributed by atoms with Gasteiger partial charge in [-0.1, -0.05) is 0 Å². The largest absolute Gasteiger partial charge is 0.383 e. The maximum atomic E-state index is 5.49. The summed E-state index contributed by atoms with van der Waals surface area (Å²) < 4.78 is 5.17. The number of nitrogens with two attached hydrogens (primary N) is 1. The maximum Gasteiger partial charge on any atom is 0.0615 e. The van der Waals surface area contributed by atoms with Crippen molar-refractivity contribution in [1.82, 2.24) is 5.32 Å². The van der Waals surface area contributed by atoms with Crippen LogP contribution < -0.4 is 11.1 Å². The smallest absolute Gasteiger partial charge is 0.0615 e. The Kier molecular flexibility index (Phi) is 9.93. The van der Waals surface area contributed by atoms with E-state index in [0.717, 1.165) is 31.7 Å². The van der Waals surface area contributed by atoms with Gasteiger partial charge in [-0.15, -0.1) is 0 Å². The minimum absolute atomic E-state index is 0.450. The van der Waals surface area contributed by atoms with Gasteiger partial charge in [0.25, 0.3) is 0 Å². The fourth-order valence-corrected chi connectivity index (χ4v) is 2.08. The van der Waals surface area contributed by atoms with E-state index >= 15 is 0 Å². The first-order valence-corrected chi connectivity index (χ1v) is 6.58. The van der Waals surface area contributed by atoms with Gasteiger partial charge in [-0.25, -0.2) is 0 Å². The van der Waals surface area contributed by atoms with E-state index in [1.807, 2.05) is 11.8 Å². The first-order valence-electron chi connectivity index (χ1n) is 5.18. The van der Waals surface area contributed by atoms with Crippen LogP contribution in [0.2, 0.25) is 0 Å². The molecule has 0 fully saturated rings. The molecule has 14 heavy (non-hydrogen) atoms. The second kappa shape index (κ2) is 9.77. The maximum absolute atomic E-state index is 5.49. The number of thioether (sulfide) groups is 1. The third-order valence-electron chi connectivity index (χ3n) is 2.06. The number of hydrogen-bond acceptors (Lipinski definition) is 4. The number of ether oxygens (including phenoxy) is 1. The van der Waals surface area contributed by atoms with Crippen LogP contribution in [0.4, 0.5) is 0 Å². The molecule has 0 spiro atoms. The zero-order valence-electron chi connectivity index (χ0n) is 9.58. The Hall–Kier alpha value is 0.230. The monoisotopic (exact) mass is 220 g/mol. The van der Waals surface area contributed by atoms with Gasteiger partial charge >= 0.3 is 0 Å². The molecule has 0 saturated heterocycles. The molecule has 86 valence electrons. The first-order chi connectivity index (χ1) is 6.74. The summed E-state index contributed by atoms with van der Waals surface area (Å²) in [5.74, 6) is 1.14. The van der Waals surface area contributed by atoms with Gasteiger partial charge < -0.3 is 15.8 Å². The van der Waals surface area contributed by atoms with Crippen LogP contribution in [0.5, 0.6) is 0 Å². The molecule has 0 aliphatic rings. The Morgan fingerprint density at radius 3 is 2.71 bits per heavy atom. The molecule has 0 amide bonds. The van der Waals surface area contributed by atoms with E-state index in [1.54, 1.807) is 7.11 Å². The highest BCUT2D eigenvalue weighted by Crippen LogP contribution is 2.02. The molecular weight excluding hydrogens is 196 g/mol. The zero-order chi connectivity index (χ0) is 10.8. The van der Waals surface area contributed by atoms with Crippen molar-refractivity contribution in [2.24, 2.45) is 5.73 Å². The van der Waals surface area contributed by atoms with Crippen molar-refractivity contribution in [1.29, 1.82) is 0 Å². The predicted octanol–water partition coefficient (Wildman–Crippen LogP) is 1.08. The second-order valence-electron chi connectivity index (χ2n) is 3.61. The van der Waals surface area contributed by atoms with Gasteiger partial charge in [0.05, 0.1) is 6.61 Å². The summed E-state index contributed by atoms with van der Waals surface area (Å²) in [6, 6.07) is 0.994. The topological polar surface area (TPSA) is 47.3 Å². The highest BCUT2D eigenvalue weighted by molar-refractivity contribution is 7.98. The molecule has 4 heteroatoms. The van der Waals surface area contributed by atoms with Gasteiger partial charge in [0.1, 0.15) is 0 Å². The van der Waals surface area contributed by atoms with Gasteiger partial charge in [0, 0.05) is 24.9 Å². The van der Waals surface area contributed by atoms with Crippen molar-refractivity contribution < 1.29 is 4.74 Å². The SMILES string of the molecule is COCC(CCCN)NC(C)CSC. The third kappa shape index (κ3) is 7.62. The van der Waals surface area contributed by atoms with E-state index in [0.29, 0.717) is 12.1 Å². The van der Waals surface area contributed by atoms with Gasteiger partial charge in [0.2, 0.25) is 0 Å². The summed E-state index contributed by atoms with van der Waals surface area (Å²) in [5.41, 5.74) is 5.49. The summed E-state index contributed by atoms with van der Waals surface area (Å²) in [6.07, 6.45) is 4.29. The van der Waals surface area contributed by atoms with Crippen LogP contribution in [-0.4, -0.2) is 44.4 Å². The summed E-state index contributed by atoms with van der Waals surface area (Å²) >= 11 is 1.87. The minimum atomic E-state index is 0.450. The summed E-state index contributed by atoms with van der Waals surface area (Å²) in [6.45, 7) is 3.75. The van der Waals surface area contributed by atoms with Gasteiger partial charge in [0.15, 0.2) is 0 Å². The molecule has 0 aliphatic heterocycles. The molecule has 2 unspecified atom stereocenters. The van der Waals surface area contributed by atoms with Crippen molar-refractivity contribution in [3.05, 3.63) is 0 Å². The van der Waals surface area contributed by atoms with Crippen molar-refractivity contribution in [2.45, 2.75) is 31.8 Å². The molecule has 0 bridgehead atoms. The number of rotatable bonds is 9. The lowest BCUT2D eigenvalue weighted by Crippen LogP contribution is -2.41. The molecule has 0 heterocycles. The predicted molar refractivity (Wildman–Crippen MR) is 64.9 cm³/mol. The highest BCUT2D eigenvalue weighted by atomic mass is 32.2. The molecule has 3 nitrogen and oxygen atoms in total. The fourth-order valence-electron chi connectivity index (χ4n) is 1.48. The van der Waals surface area contributed by atoms with Crippen LogP contribution in [0.3, 0.4) is 0 Å². The van der Waals surface area contributed by atoms with E-state index in [2.05, 4.69) is 18.5 Å². The van der Waals surface area contributed by atoms with E-state index in [1.165, 1.54) is 0 Å². The fraction of sp³-hybridized carbons (Fsp3) is 1.00. The average Bonchev–Trinajstić information content (AvgIpc) is 2.15. The molecule has 0 aliphatic carbocycles. The van der Waals surface area contributed by atoms with E-state index in [9.17, 15) is 0 Å². The lowest BCUT2D eigenvalue weighted by Gasteiger charge is -2.22. The van der Waals surface area contributed by atoms with Gasteiger partial charge in [-0.2, -0.15) is 11.8 Å². The van der Waals surface area contributed by atoms with E-state index < -0.39 is 0 Å². The average molecular weight is 220 g/mol. The minimum Gasteiger partial charge on any atom is -0.383 e. The van der Waals surface area contributed by atoms with Crippen LogP contribution in [-0.2, 0) is 4.74 Å². The van der Waals surface area contributed by atoms with Crippen molar-refractivity contribution in [3.8, 4) is 0 Å². The normalized spacial score (nSPS) is 15.4. The molecule has 0 aromatic rings. The number of nitrogens with one attached hydrogen (secondary N) is 1. The van der Waals surface area contributed by atoms with Crippen LogP contribution >= 0.6 is 11.8 Å². The van der Waals surface area contributed by atoms with Gasteiger partial charge in [-0.05, 0) is 32.6 Å². The summed E-state index contributed by atoms with van der Waals surface area (Å²) in [7, 11) is 1.75. The molecule has 3 N–H and O–H groups in total. The summed E-state index contributed by atoms with van der Waals surface area (Å²) in [4.78, 5) is 0. The molecular formula is C10H24N2OS. The molecule has 0 aromatic carbocycles. The zero-order valence-corrected chi connectivity index (χ0v) is 10.4. The second-order valence-corrected chi connectivity index (χ2v) is 4.52. The lowest BCUT2D eigenvalue weighted by atomic mass is 10.1. The highest BCUT2D eigenvalue weighted by Gasteiger charge is 2.10. The standard InChI is InChI=1S/C10H24N2OS/c1-9(8-14-3)12-10(7-13-2)5-4-6-11/h9-10,12H,4-8,11H2,1-3H3. The van der Waals surface area contributed by atoms with E-state index in [4.69, 9.17) is 10.5 Å². The number of hydrogen-bond donors (Lipinski definition) is 2. The van der Waals surface area contributed by atoms with Crippen LogP contribution in [0.15, 0.2) is 0 Å². The Morgan fingerprint density at radius 1 is 1.50 bits per heavy atom. The quantitative estimate of drug-likeness (QED) is 0.610. The molecule has 0 rings (SSSR count). The first kappa shape index (κ1) is 14.2. The van der Waals surface area contributed by atoms with Gasteiger partial charge in [-0.3, -0.25) is 0 Å². The third-order valence-corrected chi connectivity index (χ3v) is 2.89. The van der Waals surface area contributed by atoms with E-state index in [-0.39, 0.29) is 0 Å². The lowest BCUT2D eigenvalue weighted by molar-refractivity contribution is 0.158. The Morgan fingerprint density at radius 2 is 2.21 bits per heavy atom. The van der Waals surface area contributed by atoms with Crippen molar-refractivity contribution in [3.63, 3.8) is 0 Å². The molecule has 0 radical (unpaired) electrons. The Bertz CT molecular complexity index is 125. The van der Waals surface area contributed by atoms with Crippen molar-refractivity contribution >= 4 is 11.8 Å².